The summed E-state index contributed by atoms with van der Waals surface area (Å²) in [7, 11) is 0. The Labute approximate surface area is 198 Å². The van der Waals surface area contributed by atoms with Gasteiger partial charge in [0, 0.05) is 40.2 Å². The largest absolute Gasteiger partial charge is 0.410 e. The van der Waals surface area contributed by atoms with Gasteiger partial charge in [0.2, 0.25) is 0 Å². The summed E-state index contributed by atoms with van der Waals surface area (Å²) >= 11 is 9.27. The van der Waals surface area contributed by atoms with Gasteiger partial charge >= 0.3 is 0 Å². The second-order valence-corrected chi connectivity index (χ2v) is 10.2. The number of ketones is 1. The molecule has 4 heterocycles. The van der Waals surface area contributed by atoms with E-state index in [0.29, 0.717) is 16.1 Å². The number of carbonyl (C=O) groups is 1. The molecule has 6 nitrogen and oxygen atoms in total. The molecule has 1 aromatic carbocycles. The Morgan fingerprint density at radius 1 is 1.31 bits per heavy atom. The zero-order valence-corrected chi connectivity index (χ0v) is 20.1. The van der Waals surface area contributed by atoms with Crippen molar-refractivity contribution in [3.05, 3.63) is 52.3 Å². The smallest absolute Gasteiger partial charge is 0.277 e. The van der Waals surface area contributed by atoms with Crippen LogP contribution in [0, 0.1) is 13.8 Å². The van der Waals surface area contributed by atoms with Crippen molar-refractivity contribution in [3.63, 3.8) is 0 Å². The van der Waals surface area contributed by atoms with E-state index >= 15 is 0 Å². The third-order valence-corrected chi connectivity index (χ3v) is 8.23. The number of fused-ring (bicyclic) bond motifs is 1. The first-order valence-electron chi connectivity index (χ1n) is 10.5. The van der Waals surface area contributed by atoms with Gasteiger partial charge in [0.15, 0.2) is 5.78 Å². The SMILES string of the molecule is Cc1cc(C(=O)CSc2nnc(-c3sc4ccccc4c3Cl)o2)c(C)n1C[C@@H]1CCCO1. The molecule has 9 heteroatoms. The molecule has 32 heavy (non-hydrogen) atoms. The van der Waals surface area contributed by atoms with Crippen LogP contribution in [-0.2, 0) is 11.3 Å². The van der Waals surface area contributed by atoms with Crippen molar-refractivity contribution in [2.75, 3.05) is 12.4 Å². The van der Waals surface area contributed by atoms with E-state index in [1.165, 1.54) is 23.1 Å². The molecule has 1 atom stereocenters. The van der Waals surface area contributed by atoms with Crippen LogP contribution in [0.1, 0.15) is 34.6 Å². The zero-order valence-electron chi connectivity index (χ0n) is 17.8. The lowest BCUT2D eigenvalue weighted by Crippen LogP contribution is -2.17. The van der Waals surface area contributed by atoms with Crippen molar-refractivity contribution in [2.24, 2.45) is 0 Å². The number of thiophene rings is 1. The van der Waals surface area contributed by atoms with Crippen LogP contribution in [0.3, 0.4) is 0 Å². The minimum Gasteiger partial charge on any atom is -0.410 e. The number of ether oxygens (including phenoxy) is 1. The molecule has 166 valence electrons. The molecule has 1 fully saturated rings. The molecule has 0 amide bonds. The molecule has 0 N–H and O–H groups in total. The van der Waals surface area contributed by atoms with Gasteiger partial charge in [-0.1, -0.05) is 41.6 Å². The highest BCUT2D eigenvalue weighted by molar-refractivity contribution is 7.99. The summed E-state index contributed by atoms with van der Waals surface area (Å²) in [6.45, 7) is 5.64. The zero-order chi connectivity index (χ0) is 22.2. The van der Waals surface area contributed by atoms with E-state index in [0.717, 1.165) is 57.9 Å². The van der Waals surface area contributed by atoms with E-state index in [2.05, 4.69) is 14.8 Å². The van der Waals surface area contributed by atoms with Crippen molar-refractivity contribution in [3.8, 4) is 10.8 Å². The van der Waals surface area contributed by atoms with Gasteiger partial charge in [0.1, 0.15) is 4.88 Å². The number of aromatic nitrogens is 3. The Kier molecular flexibility index (Phi) is 6.11. The third kappa shape index (κ3) is 4.12. The van der Waals surface area contributed by atoms with Gasteiger partial charge in [-0.05, 0) is 38.8 Å². The molecule has 1 aliphatic rings. The summed E-state index contributed by atoms with van der Waals surface area (Å²) in [6, 6.07) is 9.86. The highest BCUT2D eigenvalue weighted by atomic mass is 35.5. The number of hydrogen-bond acceptors (Lipinski definition) is 7. The lowest BCUT2D eigenvalue weighted by atomic mass is 10.2. The van der Waals surface area contributed by atoms with Gasteiger partial charge in [0.25, 0.3) is 11.1 Å². The van der Waals surface area contributed by atoms with Crippen molar-refractivity contribution < 1.29 is 13.9 Å². The molecular formula is C23H22ClN3O3S2. The fraction of sp³-hybridized carbons (Fsp3) is 0.348. The van der Waals surface area contributed by atoms with Crippen molar-refractivity contribution in [1.29, 1.82) is 0 Å². The van der Waals surface area contributed by atoms with Crippen LogP contribution in [0.4, 0.5) is 0 Å². The summed E-state index contributed by atoms with van der Waals surface area (Å²) in [6.07, 6.45) is 2.40. The average molecular weight is 488 g/mol. The Balaban J connectivity index is 1.28. The number of aryl methyl sites for hydroxylation is 1. The normalized spacial score (nSPS) is 16.3. The molecule has 0 bridgehead atoms. The van der Waals surface area contributed by atoms with Crippen LogP contribution in [-0.4, -0.2) is 39.0 Å². The molecule has 4 aromatic rings. The quantitative estimate of drug-likeness (QED) is 0.229. The molecule has 1 saturated heterocycles. The van der Waals surface area contributed by atoms with E-state index in [1.807, 2.05) is 44.2 Å². The number of halogens is 1. The molecule has 0 radical (unpaired) electrons. The molecule has 5 rings (SSSR count). The fourth-order valence-electron chi connectivity index (χ4n) is 4.07. The van der Waals surface area contributed by atoms with Gasteiger partial charge in [-0.3, -0.25) is 4.79 Å². The molecule has 0 spiro atoms. The number of Topliss-reactive ketones (excluding diaryl/α,β-unsaturated/α-hetero) is 1. The van der Waals surface area contributed by atoms with Crippen molar-refractivity contribution in [1.82, 2.24) is 14.8 Å². The summed E-state index contributed by atoms with van der Waals surface area (Å²) < 4.78 is 14.8. The van der Waals surface area contributed by atoms with E-state index in [-0.39, 0.29) is 17.6 Å². The number of benzene rings is 1. The second kappa shape index (κ2) is 9.02. The Morgan fingerprint density at radius 2 is 2.16 bits per heavy atom. The van der Waals surface area contributed by atoms with Crippen LogP contribution >= 0.6 is 34.7 Å². The van der Waals surface area contributed by atoms with Crippen molar-refractivity contribution in [2.45, 2.75) is 44.6 Å². The average Bonchev–Trinajstić information content (AvgIpc) is 3.57. The van der Waals surface area contributed by atoms with Gasteiger partial charge in [0.05, 0.1) is 16.9 Å². The molecule has 3 aromatic heterocycles. The van der Waals surface area contributed by atoms with Crippen molar-refractivity contribution >= 4 is 50.6 Å². The number of rotatable bonds is 7. The Bertz CT molecular complexity index is 1290. The molecule has 0 saturated carbocycles. The molecule has 0 aliphatic carbocycles. The lowest BCUT2D eigenvalue weighted by Gasteiger charge is -2.14. The summed E-state index contributed by atoms with van der Waals surface area (Å²) in [5.74, 6) is 0.647. The maximum Gasteiger partial charge on any atom is 0.277 e. The number of carbonyl (C=O) groups excluding carboxylic acids is 1. The number of hydrogen-bond donors (Lipinski definition) is 0. The summed E-state index contributed by atoms with van der Waals surface area (Å²) in [5.41, 5.74) is 2.79. The predicted molar refractivity (Wildman–Crippen MR) is 128 cm³/mol. The maximum absolute atomic E-state index is 12.9. The van der Waals surface area contributed by atoms with Crippen LogP contribution in [0.25, 0.3) is 20.9 Å². The third-order valence-electron chi connectivity index (χ3n) is 5.75. The number of thioether (sulfide) groups is 1. The van der Waals surface area contributed by atoms with Crippen LogP contribution in [0.15, 0.2) is 40.0 Å². The van der Waals surface area contributed by atoms with E-state index < -0.39 is 0 Å². The van der Waals surface area contributed by atoms with E-state index in [9.17, 15) is 4.79 Å². The van der Waals surface area contributed by atoms with E-state index in [1.54, 1.807) is 0 Å². The van der Waals surface area contributed by atoms with Gasteiger partial charge < -0.3 is 13.7 Å². The Morgan fingerprint density at radius 3 is 2.94 bits per heavy atom. The van der Waals surface area contributed by atoms with Crippen LogP contribution in [0.2, 0.25) is 5.02 Å². The second-order valence-electron chi connectivity index (χ2n) is 7.86. The monoisotopic (exact) mass is 487 g/mol. The van der Waals surface area contributed by atoms with Crippen LogP contribution < -0.4 is 0 Å². The first-order chi connectivity index (χ1) is 15.5. The number of nitrogens with zero attached hydrogens (tertiary/aromatic N) is 3. The van der Waals surface area contributed by atoms with E-state index in [4.69, 9.17) is 20.8 Å². The molecule has 1 aliphatic heterocycles. The molecule has 0 unspecified atom stereocenters. The van der Waals surface area contributed by atoms with Crippen LogP contribution in [0.5, 0.6) is 0 Å². The van der Waals surface area contributed by atoms with Gasteiger partial charge in [-0.25, -0.2) is 0 Å². The van der Waals surface area contributed by atoms with Gasteiger partial charge in [-0.15, -0.1) is 21.5 Å². The minimum absolute atomic E-state index is 0.0429. The van der Waals surface area contributed by atoms with Gasteiger partial charge in [-0.2, -0.15) is 0 Å². The topological polar surface area (TPSA) is 70.2 Å². The standard InChI is InChI=1S/C23H22ClN3O3S2/c1-13-10-17(14(2)27(13)11-15-6-5-9-29-15)18(28)12-31-23-26-25-22(30-23)21-20(24)16-7-3-4-8-19(16)32-21/h3-4,7-8,10,15H,5-6,9,11-12H2,1-2H3/t15-/m0/s1. The highest BCUT2D eigenvalue weighted by Gasteiger charge is 2.22. The molecular weight excluding hydrogens is 466 g/mol. The summed E-state index contributed by atoms with van der Waals surface area (Å²) in [4.78, 5) is 13.7. The highest BCUT2D eigenvalue weighted by Crippen LogP contribution is 2.41. The maximum atomic E-state index is 12.9. The predicted octanol–water partition coefficient (Wildman–Crippen LogP) is 6.18. The fourth-order valence-corrected chi connectivity index (χ4v) is 6.15. The lowest BCUT2D eigenvalue weighted by molar-refractivity contribution is 0.0957. The summed E-state index contributed by atoms with van der Waals surface area (Å²) in [5, 5.41) is 10.2. The minimum atomic E-state index is 0.0429. The Hall–Kier alpha value is -2.13. The first-order valence-corrected chi connectivity index (χ1v) is 12.6. The first kappa shape index (κ1) is 21.7.